The zero-order valence-corrected chi connectivity index (χ0v) is 9.92. The molecule has 88 valence electrons. The first-order chi connectivity index (χ1) is 6.93. The van der Waals surface area contributed by atoms with Gasteiger partial charge in [0.15, 0.2) is 0 Å². The lowest BCUT2D eigenvalue weighted by Crippen LogP contribution is -2.39. The second kappa shape index (κ2) is 3.52. The Morgan fingerprint density at radius 3 is 2.67 bits per heavy atom. The molecule has 5 unspecified atom stereocenters. The molecule has 2 rings (SSSR count). The molecule has 2 N–H and O–H groups in total. The maximum atomic E-state index is 10.7. The van der Waals surface area contributed by atoms with E-state index in [1.807, 2.05) is 6.92 Å². The standard InChI is InChI=1S/C10H18O4S/c1-7-8(14-15(12)13)9(2)3-4-10(7,5-9)6-11/h7-8,11H,3-6H2,1-2H3,(H,12,13). The zero-order chi connectivity index (χ0) is 11.3. The van der Waals surface area contributed by atoms with Crippen molar-refractivity contribution in [2.24, 2.45) is 16.7 Å². The van der Waals surface area contributed by atoms with Crippen molar-refractivity contribution in [2.75, 3.05) is 6.61 Å². The van der Waals surface area contributed by atoms with Crippen LogP contribution in [0.5, 0.6) is 0 Å². The average Bonchev–Trinajstić information content (AvgIpc) is 2.61. The van der Waals surface area contributed by atoms with Gasteiger partial charge in [-0.05, 0) is 36.0 Å². The maximum Gasteiger partial charge on any atom is 0.302 e. The second-order valence-electron chi connectivity index (χ2n) is 5.37. The Morgan fingerprint density at radius 2 is 2.20 bits per heavy atom. The number of rotatable bonds is 3. The van der Waals surface area contributed by atoms with Gasteiger partial charge in [-0.2, -0.15) is 4.21 Å². The van der Waals surface area contributed by atoms with Crippen molar-refractivity contribution < 1.29 is 18.1 Å². The van der Waals surface area contributed by atoms with Crippen LogP contribution in [0, 0.1) is 16.7 Å². The van der Waals surface area contributed by atoms with Crippen LogP contribution in [0.4, 0.5) is 0 Å². The van der Waals surface area contributed by atoms with Gasteiger partial charge >= 0.3 is 11.4 Å². The van der Waals surface area contributed by atoms with Gasteiger partial charge in [0.1, 0.15) is 0 Å². The van der Waals surface area contributed by atoms with E-state index in [0.29, 0.717) is 0 Å². The first-order valence-electron chi connectivity index (χ1n) is 5.32. The van der Waals surface area contributed by atoms with Crippen LogP contribution in [0.2, 0.25) is 0 Å². The minimum Gasteiger partial charge on any atom is -0.396 e. The van der Waals surface area contributed by atoms with Gasteiger partial charge in [-0.3, -0.25) is 8.74 Å². The topological polar surface area (TPSA) is 66.8 Å². The molecule has 0 aromatic carbocycles. The molecule has 5 atom stereocenters. The van der Waals surface area contributed by atoms with Crippen molar-refractivity contribution in [3.05, 3.63) is 0 Å². The van der Waals surface area contributed by atoms with Crippen LogP contribution in [0.3, 0.4) is 0 Å². The summed E-state index contributed by atoms with van der Waals surface area (Å²) in [7, 11) is 0. The monoisotopic (exact) mass is 234 g/mol. The van der Waals surface area contributed by atoms with E-state index < -0.39 is 11.4 Å². The summed E-state index contributed by atoms with van der Waals surface area (Å²) < 4.78 is 24.7. The highest BCUT2D eigenvalue weighted by molar-refractivity contribution is 7.74. The van der Waals surface area contributed by atoms with E-state index in [1.165, 1.54) is 0 Å². The first-order valence-corrected chi connectivity index (χ1v) is 6.36. The van der Waals surface area contributed by atoms with Gasteiger partial charge in [0.2, 0.25) is 0 Å². The van der Waals surface area contributed by atoms with Crippen molar-refractivity contribution in [2.45, 2.75) is 39.2 Å². The third-order valence-corrected chi connectivity index (χ3v) is 4.93. The molecular weight excluding hydrogens is 216 g/mol. The fraction of sp³-hybridized carbons (Fsp3) is 1.00. The Labute approximate surface area is 92.5 Å². The molecule has 0 aliphatic heterocycles. The van der Waals surface area contributed by atoms with E-state index in [1.54, 1.807) is 0 Å². The SMILES string of the molecule is CC1C(OS(=O)O)C2(C)CCC1(CO)C2. The lowest BCUT2D eigenvalue weighted by Gasteiger charge is -2.37. The molecule has 5 heteroatoms. The average molecular weight is 234 g/mol. The van der Waals surface area contributed by atoms with Gasteiger partial charge in [-0.15, -0.1) is 0 Å². The van der Waals surface area contributed by atoms with E-state index >= 15 is 0 Å². The van der Waals surface area contributed by atoms with Crippen molar-refractivity contribution in [3.63, 3.8) is 0 Å². The molecule has 0 saturated heterocycles. The van der Waals surface area contributed by atoms with Gasteiger partial charge in [0.25, 0.3) is 0 Å². The number of fused-ring (bicyclic) bond motifs is 2. The summed E-state index contributed by atoms with van der Waals surface area (Å²) in [6.07, 6.45) is 2.67. The fourth-order valence-electron chi connectivity index (χ4n) is 3.64. The van der Waals surface area contributed by atoms with Crippen molar-refractivity contribution >= 4 is 11.4 Å². The lowest BCUT2D eigenvalue weighted by atomic mass is 9.73. The molecule has 4 nitrogen and oxygen atoms in total. The summed E-state index contributed by atoms with van der Waals surface area (Å²) in [6, 6.07) is 0. The minimum atomic E-state index is -2.21. The van der Waals surface area contributed by atoms with E-state index in [2.05, 4.69) is 6.92 Å². The third-order valence-electron chi connectivity index (χ3n) is 4.56. The highest BCUT2D eigenvalue weighted by atomic mass is 32.2. The van der Waals surface area contributed by atoms with E-state index in [9.17, 15) is 9.32 Å². The molecule has 2 saturated carbocycles. The summed E-state index contributed by atoms with van der Waals surface area (Å²) in [5.74, 6) is 0.150. The van der Waals surface area contributed by atoms with Crippen molar-refractivity contribution in [3.8, 4) is 0 Å². The van der Waals surface area contributed by atoms with Gasteiger partial charge in [-0.1, -0.05) is 13.8 Å². The quantitative estimate of drug-likeness (QED) is 0.723. The largest absolute Gasteiger partial charge is 0.396 e. The molecule has 2 fully saturated rings. The van der Waals surface area contributed by atoms with Crippen LogP contribution in [0.25, 0.3) is 0 Å². The summed E-state index contributed by atoms with van der Waals surface area (Å²) in [5, 5.41) is 9.49. The van der Waals surface area contributed by atoms with Gasteiger partial charge < -0.3 is 5.11 Å². The molecule has 2 bridgehead atoms. The fourth-order valence-corrected chi connectivity index (χ4v) is 4.22. The van der Waals surface area contributed by atoms with Crippen LogP contribution >= 0.6 is 0 Å². The summed E-state index contributed by atoms with van der Waals surface area (Å²) in [6.45, 7) is 4.26. The molecular formula is C10H18O4S. The van der Waals surface area contributed by atoms with Crippen LogP contribution in [-0.2, 0) is 15.5 Å². The lowest BCUT2D eigenvalue weighted by molar-refractivity contribution is 0.00355. The van der Waals surface area contributed by atoms with Crippen LogP contribution in [0.1, 0.15) is 33.1 Å². The Kier molecular flexibility index (Phi) is 2.70. The molecule has 2 aliphatic carbocycles. The highest BCUT2D eigenvalue weighted by Crippen LogP contribution is 2.64. The molecule has 0 spiro atoms. The Bertz CT molecular complexity index is 295. The Balaban J connectivity index is 2.24. The normalized spacial score (nSPS) is 50.9. The first kappa shape index (κ1) is 11.5. The third kappa shape index (κ3) is 1.56. The van der Waals surface area contributed by atoms with Gasteiger partial charge in [0.05, 0.1) is 6.10 Å². The van der Waals surface area contributed by atoms with Crippen molar-refractivity contribution in [1.29, 1.82) is 0 Å². The molecule has 2 aliphatic rings. The molecule has 0 heterocycles. The van der Waals surface area contributed by atoms with Crippen LogP contribution in [-0.4, -0.2) is 26.6 Å². The predicted molar refractivity (Wildman–Crippen MR) is 56.3 cm³/mol. The van der Waals surface area contributed by atoms with Gasteiger partial charge in [0, 0.05) is 6.61 Å². The molecule has 0 amide bonds. The van der Waals surface area contributed by atoms with E-state index in [4.69, 9.17) is 8.74 Å². The summed E-state index contributed by atoms with van der Waals surface area (Å²) in [4.78, 5) is 0. The highest BCUT2D eigenvalue weighted by Gasteiger charge is 2.62. The number of hydrogen-bond donors (Lipinski definition) is 2. The molecule has 0 aromatic heterocycles. The number of hydrogen-bond acceptors (Lipinski definition) is 3. The summed E-state index contributed by atoms with van der Waals surface area (Å²) >= 11 is -2.21. The van der Waals surface area contributed by atoms with Crippen LogP contribution in [0.15, 0.2) is 0 Å². The Morgan fingerprint density at radius 1 is 1.53 bits per heavy atom. The smallest absolute Gasteiger partial charge is 0.302 e. The predicted octanol–water partition coefficient (Wildman–Crippen LogP) is 1.33. The number of aliphatic hydroxyl groups is 1. The zero-order valence-electron chi connectivity index (χ0n) is 9.10. The Hall–Kier alpha value is 0.0300. The molecule has 0 radical (unpaired) electrons. The van der Waals surface area contributed by atoms with Crippen molar-refractivity contribution in [1.82, 2.24) is 0 Å². The maximum absolute atomic E-state index is 10.7. The van der Waals surface area contributed by atoms with Gasteiger partial charge in [-0.25, -0.2) is 0 Å². The molecule has 15 heavy (non-hydrogen) atoms. The second-order valence-corrected chi connectivity index (χ2v) is 6.00. The van der Waals surface area contributed by atoms with E-state index in [0.717, 1.165) is 19.3 Å². The molecule has 0 aromatic rings. The van der Waals surface area contributed by atoms with E-state index in [-0.39, 0.29) is 29.5 Å². The van der Waals surface area contributed by atoms with Crippen LogP contribution < -0.4 is 0 Å². The number of aliphatic hydroxyl groups excluding tert-OH is 1. The summed E-state index contributed by atoms with van der Waals surface area (Å²) in [5.41, 5.74) is -0.126. The minimum absolute atomic E-state index is 0.0411.